The van der Waals surface area contributed by atoms with Gasteiger partial charge >= 0.3 is 7.12 Å². The number of carbonyl (C=O) groups excluding carboxylic acids is 1. The van der Waals surface area contributed by atoms with Crippen LogP contribution in [-0.2, 0) is 27.1 Å². The molecule has 1 fully saturated rings. The quantitative estimate of drug-likeness (QED) is 0.814. The summed E-state index contributed by atoms with van der Waals surface area (Å²) >= 11 is 0. The summed E-state index contributed by atoms with van der Waals surface area (Å²) in [6, 6.07) is 6.52. The van der Waals surface area contributed by atoms with E-state index in [2.05, 4.69) is 34.9 Å². The molecule has 1 aromatic rings. The van der Waals surface area contributed by atoms with Gasteiger partial charge in [-0.15, -0.1) is 0 Å². The molecule has 2 aliphatic heterocycles. The molecule has 140 valence electrons. The highest BCUT2D eigenvalue weighted by Crippen LogP contribution is 2.38. The monoisotopic (exact) mass is 356 g/mol. The van der Waals surface area contributed by atoms with Gasteiger partial charge in [0.25, 0.3) is 0 Å². The van der Waals surface area contributed by atoms with Crippen molar-refractivity contribution in [1.82, 2.24) is 10.6 Å². The molecule has 6 heteroatoms. The Morgan fingerprint density at radius 3 is 2.58 bits per heavy atom. The van der Waals surface area contributed by atoms with Gasteiger partial charge in [0.1, 0.15) is 0 Å². The molecule has 3 rings (SSSR count). The average molecular weight is 356 g/mol. The summed E-state index contributed by atoms with van der Waals surface area (Å²) in [7, 11) is -0.468. The van der Waals surface area contributed by atoms with Crippen molar-refractivity contribution in [3.63, 3.8) is 0 Å². The van der Waals surface area contributed by atoms with Crippen molar-refractivity contribution < 1.29 is 14.1 Å². The van der Waals surface area contributed by atoms with Gasteiger partial charge in [-0.3, -0.25) is 4.79 Å². The Hall–Kier alpha value is -1.63. The lowest BCUT2D eigenvalue weighted by Crippen LogP contribution is -2.41. The van der Waals surface area contributed by atoms with Crippen molar-refractivity contribution in [3.8, 4) is 0 Å². The number of benzene rings is 1. The van der Waals surface area contributed by atoms with Crippen LogP contribution in [0.2, 0.25) is 0 Å². The van der Waals surface area contributed by atoms with Crippen LogP contribution in [-0.4, -0.2) is 37.3 Å². The summed E-state index contributed by atoms with van der Waals surface area (Å²) < 4.78 is 12.4. The molecule has 2 N–H and O–H groups in total. The molecule has 0 aliphatic carbocycles. The second kappa shape index (κ2) is 7.18. The second-order valence-electron chi connectivity index (χ2n) is 8.17. The molecule has 1 aromatic carbocycles. The number of carbonyl (C=O) groups is 1. The second-order valence-corrected chi connectivity index (χ2v) is 8.17. The van der Waals surface area contributed by atoms with E-state index in [1.165, 1.54) is 18.1 Å². The van der Waals surface area contributed by atoms with Crippen LogP contribution in [0.1, 0.15) is 51.3 Å². The minimum absolute atomic E-state index is 0.0658. The van der Waals surface area contributed by atoms with Gasteiger partial charge in [0.05, 0.1) is 11.2 Å². The maximum atomic E-state index is 11.4. The SMILES string of the molecule is CC(=O)NCC(=Cc1ccc2c(c1)CCNC2)B1OC(C)(C)C(C)(C)O1. The van der Waals surface area contributed by atoms with Gasteiger partial charge in [-0.1, -0.05) is 24.3 Å². The van der Waals surface area contributed by atoms with Gasteiger partial charge in [-0.2, -0.15) is 0 Å². The number of hydrogen-bond donors (Lipinski definition) is 2. The fourth-order valence-corrected chi connectivity index (χ4v) is 3.22. The number of fused-ring (bicyclic) bond motifs is 1. The average Bonchev–Trinajstić information content (AvgIpc) is 2.79. The molecular formula is C20H29BN2O3. The van der Waals surface area contributed by atoms with Crippen molar-refractivity contribution in [2.45, 2.75) is 58.8 Å². The van der Waals surface area contributed by atoms with E-state index in [-0.39, 0.29) is 5.91 Å². The van der Waals surface area contributed by atoms with Crippen LogP contribution in [0.15, 0.2) is 23.7 Å². The van der Waals surface area contributed by atoms with Gasteiger partial charge < -0.3 is 19.9 Å². The van der Waals surface area contributed by atoms with Crippen LogP contribution in [0.5, 0.6) is 0 Å². The lowest BCUT2D eigenvalue weighted by Gasteiger charge is -2.32. The fraction of sp³-hybridized carbons (Fsp3) is 0.550. The third-order valence-corrected chi connectivity index (χ3v) is 5.57. The number of rotatable bonds is 4. The van der Waals surface area contributed by atoms with E-state index in [1.807, 2.05) is 27.7 Å². The van der Waals surface area contributed by atoms with Crippen LogP contribution in [0.4, 0.5) is 0 Å². The van der Waals surface area contributed by atoms with Gasteiger partial charge in [-0.25, -0.2) is 0 Å². The highest BCUT2D eigenvalue weighted by atomic mass is 16.7. The minimum atomic E-state index is -0.468. The number of amides is 1. The summed E-state index contributed by atoms with van der Waals surface area (Å²) in [6.45, 7) is 12.0. The van der Waals surface area contributed by atoms with Crippen LogP contribution in [0, 0.1) is 0 Å². The summed E-state index contributed by atoms with van der Waals surface area (Å²) in [5, 5.41) is 6.28. The smallest absolute Gasteiger partial charge is 0.400 e. The van der Waals surface area contributed by atoms with Gasteiger partial charge in [-0.05, 0) is 62.8 Å². The Balaban J connectivity index is 1.89. The number of hydrogen-bond acceptors (Lipinski definition) is 4. The van der Waals surface area contributed by atoms with E-state index in [0.717, 1.165) is 30.5 Å². The van der Waals surface area contributed by atoms with Crippen LogP contribution in [0.3, 0.4) is 0 Å². The molecule has 2 aliphatic rings. The maximum Gasteiger partial charge on any atom is 0.492 e. The molecule has 2 heterocycles. The zero-order valence-corrected chi connectivity index (χ0v) is 16.4. The van der Waals surface area contributed by atoms with Crippen LogP contribution in [0.25, 0.3) is 6.08 Å². The Bertz CT molecular complexity index is 712. The summed E-state index contributed by atoms with van der Waals surface area (Å²) in [4.78, 5) is 11.4. The van der Waals surface area contributed by atoms with Crippen molar-refractivity contribution in [3.05, 3.63) is 40.4 Å². The Morgan fingerprint density at radius 2 is 1.92 bits per heavy atom. The third kappa shape index (κ3) is 4.03. The molecule has 0 aromatic heterocycles. The molecule has 1 saturated heterocycles. The summed E-state index contributed by atoms with van der Waals surface area (Å²) in [5.74, 6) is -0.0658. The van der Waals surface area contributed by atoms with E-state index in [9.17, 15) is 4.79 Å². The van der Waals surface area contributed by atoms with Crippen molar-refractivity contribution in [2.75, 3.05) is 13.1 Å². The van der Waals surface area contributed by atoms with E-state index >= 15 is 0 Å². The Morgan fingerprint density at radius 1 is 1.23 bits per heavy atom. The van der Waals surface area contributed by atoms with Crippen molar-refractivity contribution in [1.29, 1.82) is 0 Å². The molecule has 0 spiro atoms. The lowest BCUT2D eigenvalue weighted by atomic mass is 9.76. The molecule has 0 bridgehead atoms. The first-order valence-electron chi connectivity index (χ1n) is 9.31. The predicted molar refractivity (Wildman–Crippen MR) is 105 cm³/mol. The van der Waals surface area contributed by atoms with E-state index in [1.54, 1.807) is 0 Å². The molecule has 5 nitrogen and oxygen atoms in total. The fourth-order valence-electron chi connectivity index (χ4n) is 3.22. The number of nitrogens with one attached hydrogen (secondary N) is 2. The van der Waals surface area contributed by atoms with Crippen LogP contribution < -0.4 is 10.6 Å². The molecule has 0 saturated carbocycles. The van der Waals surface area contributed by atoms with E-state index in [4.69, 9.17) is 9.31 Å². The van der Waals surface area contributed by atoms with E-state index < -0.39 is 18.3 Å². The standard InChI is InChI=1S/C20H29BN2O3/c1-14(24)23-13-18(21-25-19(2,3)20(4,5)26-21)11-15-6-7-17-12-22-9-8-16(17)10-15/h6-7,10-11,22H,8-9,12-13H2,1-5H3,(H,23,24). The van der Waals surface area contributed by atoms with Gasteiger partial charge in [0.15, 0.2) is 0 Å². The molecular weight excluding hydrogens is 327 g/mol. The summed E-state index contributed by atoms with van der Waals surface area (Å²) in [6.07, 6.45) is 3.12. The van der Waals surface area contributed by atoms with Crippen molar-refractivity contribution in [2.24, 2.45) is 0 Å². The van der Waals surface area contributed by atoms with Crippen LogP contribution >= 0.6 is 0 Å². The first-order chi connectivity index (χ1) is 12.2. The van der Waals surface area contributed by atoms with E-state index in [0.29, 0.717) is 6.54 Å². The molecule has 0 radical (unpaired) electrons. The largest absolute Gasteiger partial charge is 0.492 e. The Kier molecular flexibility index (Phi) is 5.29. The maximum absolute atomic E-state index is 11.4. The first-order valence-corrected chi connectivity index (χ1v) is 9.31. The van der Waals surface area contributed by atoms with Gasteiger partial charge in [0.2, 0.25) is 5.91 Å². The van der Waals surface area contributed by atoms with Gasteiger partial charge in [0, 0.05) is 20.0 Å². The summed E-state index contributed by atoms with van der Waals surface area (Å²) in [5.41, 5.74) is 3.95. The molecule has 26 heavy (non-hydrogen) atoms. The predicted octanol–water partition coefficient (Wildman–Crippen LogP) is 2.48. The third-order valence-electron chi connectivity index (χ3n) is 5.57. The normalized spacial score (nSPS) is 21.4. The zero-order chi connectivity index (χ0) is 18.9. The minimum Gasteiger partial charge on any atom is -0.400 e. The molecule has 0 atom stereocenters. The molecule has 1 amide bonds. The lowest BCUT2D eigenvalue weighted by molar-refractivity contribution is -0.118. The highest BCUT2D eigenvalue weighted by molar-refractivity contribution is 6.56. The highest BCUT2D eigenvalue weighted by Gasteiger charge is 2.52. The zero-order valence-electron chi connectivity index (χ0n) is 16.4. The topological polar surface area (TPSA) is 59.6 Å². The van der Waals surface area contributed by atoms with Crippen molar-refractivity contribution >= 4 is 19.1 Å². The Labute approximate surface area is 156 Å². The molecule has 0 unspecified atom stereocenters. The first kappa shape index (κ1) is 19.1.